The first kappa shape index (κ1) is 9.34. The Kier molecular flexibility index (Phi) is 1.93. The summed E-state index contributed by atoms with van der Waals surface area (Å²) in [6.45, 7) is 0.397. The van der Waals surface area contributed by atoms with Crippen LogP contribution < -0.4 is 10.2 Å². The van der Waals surface area contributed by atoms with Crippen molar-refractivity contribution in [3.05, 3.63) is 17.8 Å². The van der Waals surface area contributed by atoms with Crippen molar-refractivity contribution in [2.45, 2.75) is 6.42 Å². The fraction of sp³-hybridized carbons (Fsp3) is 0.222. The number of thiazole rings is 1. The summed E-state index contributed by atoms with van der Waals surface area (Å²) in [7, 11) is 0. The highest BCUT2D eigenvalue weighted by atomic mass is 32.1. The molecule has 7 heteroatoms. The Morgan fingerprint density at radius 1 is 1.44 bits per heavy atom. The van der Waals surface area contributed by atoms with E-state index < -0.39 is 0 Å². The van der Waals surface area contributed by atoms with E-state index in [9.17, 15) is 9.59 Å². The Bertz CT molecular complexity index is 573. The van der Waals surface area contributed by atoms with Crippen LogP contribution in [0.15, 0.2) is 17.8 Å². The van der Waals surface area contributed by atoms with Crippen molar-refractivity contribution in [3.8, 4) is 0 Å². The van der Waals surface area contributed by atoms with Gasteiger partial charge in [0.2, 0.25) is 5.91 Å². The highest BCUT2D eigenvalue weighted by molar-refractivity contribution is 7.15. The predicted octanol–water partition coefficient (Wildman–Crippen LogP) is 0.842. The normalized spacial score (nSPS) is 16.9. The van der Waals surface area contributed by atoms with E-state index >= 15 is 0 Å². The molecule has 2 aromatic rings. The number of imide groups is 1. The number of rotatable bonds is 1. The number of urea groups is 1. The van der Waals surface area contributed by atoms with Crippen molar-refractivity contribution in [3.63, 3.8) is 0 Å². The van der Waals surface area contributed by atoms with Crippen LogP contribution in [0.1, 0.15) is 6.42 Å². The van der Waals surface area contributed by atoms with Gasteiger partial charge in [0.25, 0.3) is 0 Å². The number of carbonyl (C=O) groups excluding carboxylic acids is 2. The van der Waals surface area contributed by atoms with Gasteiger partial charge in [-0.1, -0.05) is 0 Å². The molecule has 1 N–H and O–H groups in total. The third-order valence-electron chi connectivity index (χ3n) is 2.46. The van der Waals surface area contributed by atoms with Crippen molar-refractivity contribution < 1.29 is 9.59 Å². The van der Waals surface area contributed by atoms with Crippen LogP contribution in [-0.4, -0.2) is 27.9 Å². The zero-order chi connectivity index (χ0) is 11.1. The van der Waals surface area contributed by atoms with Gasteiger partial charge in [-0.15, -0.1) is 11.3 Å². The molecular formula is C9H8N4O2S. The fourth-order valence-electron chi connectivity index (χ4n) is 1.70. The van der Waals surface area contributed by atoms with Gasteiger partial charge in [0, 0.05) is 24.5 Å². The van der Waals surface area contributed by atoms with Crippen LogP contribution in [0.25, 0.3) is 4.96 Å². The minimum absolute atomic E-state index is 0.229. The maximum Gasteiger partial charge on any atom is 0.329 e. The van der Waals surface area contributed by atoms with E-state index in [-0.39, 0.29) is 11.9 Å². The molecule has 1 aliphatic heterocycles. The second kappa shape index (κ2) is 3.31. The number of imidazole rings is 1. The number of hydrogen-bond donors (Lipinski definition) is 1. The number of anilines is 1. The zero-order valence-corrected chi connectivity index (χ0v) is 9.03. The summed E-state index contributed by atoms with van der Waals surface area (Å²) in [5.74, 6) is 0.466. The van der Waals surface area contributed by atoms with Crippen molar-refractivity contribution in [1.82, 2.24) is 14.7 Å². The van der Waals surface area contributed by atoms with Gasteiger partial charge >= 0.3 is 6.03 Å². The molecule has 0 aliphatic carbocycles. The van der Waals surface area contributed by atoms with E-state index in [0.29, 0.717) is 18.8 Å². The number of nitrogens with one attached hydrogen (secondary N) is 1. The molecular weight excluding hydrogens is 228 g/mol. The summed E-state index contributed by atoms with van der Waals surface area (Å²) in [4.78, 5) is 29.2. The molecule has 2 aromatic heterocycles. The standard InChI is InChI=1S/C9H8N4O2S/c14-6-1-2-12(8(15)11-6)7-5-10-9-13(7)3-4-16-9/h3-5H,1-2H2,(H,11,14,15). The third kappa shape index (κ3) is 1.28. The van der Waals surface area contributed by atoms with Gasteiger partial charge in [0.05, 0.1) is 6.20 Å². The highest BCUT2D eigenvalue weighted by Gasteiger charge is 2.26. The molecule has 1 aliphatic rings. The lowest BCUT2D eigenvalue weighted by Crippen LogP contribution is -2.50. The monoisotopic (exact) mass is 236 g/mol. The van der Waals surface area contributed by atoms with Crippen LogP contribution in [0, 0.1) is 0 Å². The van der Waals surface area contributed by atoms with E-state index in [1.54, 1.807) is 6.20 Å². The highest BCUT2D eigenvalue weighted by Crippen LogP contribution is 2.21. The summed E-state index contributed by atoms with van der Waals surface area (Å²) in [6, 6.07) is -0.385. The van der Waals surface area contributed by atoms with E-state index in [1.165, 1.54) is 16.2 Å². The van der Waals surface area contributed by atoms with Crippen LogP contribution in [0.4, 0.5) is 10.6 Å². The maximum atomic E-state index is 11.6. The summed E-state index contributed by atoms with van der Waals surface area (Å²) in [5, 5.41) is 4.19. The Morgan fingerprint density at radius 3 is 3.12 bits per heavy atom. The number of amides is 3. The van der Waals surface area contributed by atoms with Gasteiger partial charge in [0.1, 0.15) is 5.82 Å². The lowest BCUT2D eigenvalue weighted by Gasteiger charge is -2.25. The first-order valence-corrected chi connectivity index (χ1v) is 5.65. The molecule has 0 saturated carbocycles. The summed E-state index contributed by atoms with van der Waals surface area (Å²) < 4.78 is 1.83. The van der Waals surface area contributed by atoms with Crippen LogP contribution in [-0.2, 0) is 4.79 Å². The lowest BCUT2D eigenvalue weighted by atomic mass is 10.3. The smallest absolute Gasteiger partial charge is 0.278 e. The van der Waals surface area contributed by atoms with Crippen LogP contribution >= 0.6 is 11.3 Å². The molecule has 3 amide bonds. The number of fused-ring (bicyclic) bond motifs is 1. The zero-order valence-electron chi connectivity index (χ0n) is 8.21. The Hall–Kier alpha value is -1.89. The SMILES string of the molecule is O=C1CCN(c2cnc3sccn23)C(=O)N1. The summed E-state index contributed by atoms with van der Waals surface area (Å²) in [6.07, 6.45) is 3.82. The quantitative estimate of drug-likeness (QED) is 0.798. The minimum Gasteiger partial charge on any atom is -0.278 e. The lowest BCUT2D eigenvalue weighted by molar-refractivity contribution is -0.120. The maximum absolute atomic E-state index is 11.6. The van der Waals surface area contributed by atoms with E-state index in [4.69, 9.17) is 0 Å². The van der Waals surface area contributed by atoms with E-state index in [2.05, 4.69) is 10.3 Å². The first-order chi connectivity index (χ1) is 7.75. The van der Waals surface area contributed by atoms with Crippen molar-refractivity contribution in [2.24, 2.45) is 0 Å². The predicted molar refractivity (Wildman–Crippen MR) is 58.6 cm³/mol. The van der Waals surface area contributed by atoms with Crippen molar-refractivity contribution in [2.75, 3.05) is 11.4 Å². The second-order valence-corrected chi connectivity index (χ2v) is 4.30. The molecule has 0 unspecified atom stereocenters. The van der Waals surface area contributed by atoms with Gasteiger partial charge in [-0.3, -0.25) is 19.4 Å². The van der Waals surface area contributed by atoms with Crippen molar-refractivity contribution in [1.29, 1.82) is 0 Å². The summed E-state index contributed by atoms with van der Waals surface area (Å²) >= 11 is 1.50. The van der Waals surface area contributed by atoms with Gasteiger partial charge in [-0.2, -0.15) is 0 Å². The van der Waals surface area contributed by atoms with Gasteiger partial charge in [0.15, 0.2) is 4.96 Å². The fourth-order valence-corrected chi connectivity index (χ4v) is 2.38. The van der Waals surface area contributed by atoms with Gasteiger partial charge < -0.3 is 0 Å². The molecule has 0 spiro atoms. The van der Waals surface area contributed by atoms with Crippen LogP contribution in [0.5, 0.6) is 0 Å². The molecule has 3 rings (SSSR count). The molecule has 82 valence electrons. The molecule has 16 heavy (non-hydrogen) atoms. The van der Waals surface area contributed by atoms with Crippen LogP contribution in [0.3, 0.4) is 0 Å². The molecule has 0 aromatic carbocycles. The molecule has 1 fully saturated rings. The number of aromatic nitrogens is 2. The van der Waals surface area contributed by atoms with E-state index in [0.717, 1.165) is 4.96 Å². The van der Waals surface area contributed by atoms with Crippen molar-refractivity contribution >= 4 is 34.1 Å². The third-order valence-corrected chi connectivity index (χ3v) is 3.23. The second-order valence-electron chi connectivity index (χ2n) is 3.43. The number of hydrogen-bond acceptors (Lipinski definition) is 4. The Labute approximate surface area is 94.5 Å². The molecule has 1 saturated heterocycles. The molecule has 0 bridgehead atoms. The summed E-state index contributed by atoms with van der Waals surface area (Å²) in [5.41, 5.74) is 0. The largest absolute Gasteiger partial charge is 0.329 e. The molecule has 0 atom stereocenters. The average Bonchev–Trinajstić information content (AvgIpc) is 2.80. The average molecular weight is 236 g/mol. The molecule has 0 radical (unpaired) electrons. The van der Waals surface area contributed by atoms with E-state index in [1.807, 2.05) is 16.0 Å². The Balaban J connectivity index is 2.01. The first-order valence-electron chi connectivity index (χ1n) is 4.77. The van der Waals surface area contributed by atoms with Crippen LogP contribution in [0.2, 0.25) is 0 Å². The molecule has 3 heterocycles. The number of carbonyl (C=O) groups is 2. The minimum atomic E-state index is -0.385. The van der Waals surface area contributed by atoms with Gasteiger partial charge in [-0.25, -0.2) is 9.78 Å². The number of nitrogens with zero attached hydrogens (tertiary/aromatic N) is 3. The molecule has 6 nitrogen and oxygen atoms in total. The Morgan fingerprint density at radius 2 is 2.31 bits per heavy atom. The van der Waals surface area contributed by atoms with Gasteiger partial charge in [-0.05, 0) is 0 Å². The topological polar surface area (TPSA) is 66.7 Å².